The molecule has 172 valence electrons. The van der Waals surface area contributed by atoms with Gasteiger partial charge in [-0.25, -0.2) is 8.78 Å². The summed E-state index contributed by atoms with van der Waals surface area (Å²) in [6.07, 6.45) is 0.721. The molecule has 2 aliphatic heterocycles. The van der Waals surface area contributed by atoms with Crippen molar-refractivity contribution in [1.82, 2.24) is 9.97 Å². The van der Waals surface area contributed by atoms with Crippen LogP contribution < -0.4 is 25.6 Å². The van der Waals surface area contributed by atoms with Crippen molar-refractivity contribution in [3.63, 3.8) is 0 Å². The molecule has 3 N–H and O–H groups in total. The van der Waals surface area contributed by atoms with E-state index >= 15 is 0 Å². The molecule has 0 atom stereocenters. The minimum Gasteiger partial charge on any atom is -0.494 e. The lowest BCUT2D eigenvalue weighted by Gasteiger charge is -2.29. The number of rotatable bonds is 6. The summed E-state index contributed by atoms with van der Waals surface area (Å²) in [6.45, 7) is 3.78. The van der Waals surface area contributed by atoms with Gasteiger partial charge < -0.3 is 30.3 Å². The van der Waals surface area contributed by atoms with Crippen molar-refractivity contribution in [3.05, 3.63) is 53.6 Å². The lowest BCUT2D eigenvalue weighted by Crippen LogP contribution is -2.36. The number of methoxy groups -OCH3 is 1. The topological polar surface area (TPSA) is 83.6 Å². The van der Waals surface area contributed by atoms with Crippen molar-refractivity contribution in [2.45, 2.75) is 6.42 Å². The lowest BCUT2D eigenvalue weighted by atomic mass is 10.2. The summed E-state index contributed by atoms with van der Waals surface area (Å²) in [5.41, 5.74) is 3.06. The van der Waals surface area contributed by atoms with Crippen molar-refractivity contribution >= 4 is 34.6 Å². The molecule has 0 unspecified atom stereocenters. The van der Waals surface area contributed by atoms with Gasteiger partial charge in [0.2, 0.25) is 5.95 Å². The van der Waals surface area contributed by atoms with Crippen molar-refractivity contribution in [2.75, 3.05) is 60.8 Å². The highest BCUT2D eigenvalue weighted by Crippen LogP contribution is 2.34. The second-order valence-corrected chi connectivity index (χ2v) is 7.76. The van der Waals surface area contributed by atoms with E-state index in [0.717, 1.165) is 49.4 Å². The molecule has 1 aromatic heterocycles. The van der Waals surface area contributed by atoms with Gasteiger partial charge in [0.15, 0.2) is 11.6 Å². The average Bonchev–Trinajstić information content (AvgIpc) is 3.31. The van der Waals surface area contributed by atoms with Crippen LogP contribution in [0.1, 0.15) is 5.56 Å². The Morgan fingerprint density at radius 3 is 2.67 bits per heavy atom. The predicted octanol–water partition coefficient (Wildman–Crippen LogP) is 4.06. The molecule has 33 heavy (non-hydrogen) atoms. The first kappa shape index (κ1) is 21.2. The summed E-state index contributed by atoms with van der Waals surface area (Å²) in [5, 5.41) is 9.56. The molecule has 5 rings (SSSR count). The maximum Gasteiger partial charge on any atom is 0.231 e. The zero-order chi connectivity index (χ0) is 22.8. The van der Waals surface area contributed by atoms with Crippen LogP contribution in [-0.2, 0) is 11.2 Å². The third kappa shape index (κ3) is 4.47. The van der Waals surface area contributed by atoms with Crippen LogP contribution in [0.5, 0.6) is 5.75 Å². The van der Waals surface area contributed by atoms with Crippen molar-refractivity contribution < 1.29 is 18.3 Å². The minimum atomic E-state index is -0.924. The highest BCUT2D eigenvalue weighted by atomic mass is 19.2. The van der Waals surface area contributed by atoms with Gasteiger partial charge in [0.25, 0.3) is 0 Å². The molecule has 0 saturated carbocycles. The first-order valence-electron chi connectivity index (χ1n) is 10.8. The van der Waals surface area contributed by atoms with Gasteiger partial charge in [-0.15, -0.1) is 0 Å². The smallest absolute Gasteiger partial charge is 0.231 e. The van der Waals surface area contributed by atoms with Crippen LogP contribution in [0.3, 0.4) is 0 Å². The van der Waals surface area contributed by atoms with E-state index in [2.05, 4.69) is 30.8 Å². The predicted molar refractivity (Wildman–Crippen MR) is 123 cm³/mol. The zero-order valence-corrected chi connectivity index (χ0v) is 18.1. The number of nitrogens with one attached hydrogen (secondary N) is 3. The molecule has 3 aromatic rings. The molecule has 0 spiro atoms. The number of morpholine rings is 1. The van der Waals surface area contributed by atoms with Crippen molar-refractivity contribution in [3.8, 4) is 5.75 Å². The monoisotopic (exact) mass is 454 g/mol. The van der Waals surface area contributed by atoms with E-state index in [1.807, 2.05) is 18.2 Å². The fourth-order valence-electron chi connectivity index (χ4n) is 3.96. The van der Waals surface area contributed by atoms with Crippen LogP contribution in [0.4, 0.5) is 43.4 Å². The van der Waals surface area contributed by atoms with Gasteiger partial charge in [-0.1, -0.05) is 0 Å². The van der Waals surface area contributed by atoms with Gasteiger partial charge in [0, 0.05) is 48.7 Å². The van der Waals surface area contributed by atoms with Gasteiger partial charge in [-0.3, -0.25) is 0 Å². The van der Waals surface area contributed by atoms with E-state index in [0.29, 0.717) is 47.9 Å². The number of hydrogen-bond donors (Lipinski definition) is 3. The van der Waals surface area contributed by atoms with Crippen LogP contribution in [0.2, 0.25) is 0 Å². The normalized spacial score (nSPS) is 15.1. The summed E-state index contributed by atoms with van der Waals surface area (Å²) in [5.74, 6) is 0.415. The van der Waals surface area contributed by atoms with E-state index in [9.17, 15) is 8.78 Å². The van der Waals surface area contributed by atoms with E-state index in [1.165, 1.54) is 6.07 Å². The summed E-state index contributed by atoms with van der Waals surface area (Å²) >= 11 is 0. The number of ether oxygens (including phenoxy) is 2. The standard InChI is InChI=1S/C23H24F2N6O2/c1-32-20-13-15(31-8-10-33-11-9-31)3-5-19(20)28-23-29-21-16(6-7-26-21)22(30-23)27-14-2-4-17(24)18(25)12-14/h2-5,12-13H,6-11H2,1H3,(H3,26,27,28,29,30). The highest BCUT2D eigenvalue weighted by Gasteiger charge is 2.21. The molecule has 1 saturated heterocycles. The van der Waals surface area contributed by atoms with Crippen molar-refractivity contribution in [2.24, 2.45) is 0 Å². The molecule has 0 bridgehead atoms. The molecule has 3 heterocycles. The number of hydrogen-bond acceptors (Lipinski definition) is 8. The third-order valence-electron chi connectivity index (χ3n) is 5.66. The molecule has 2 aromatic carbocycles. The maximum atomic E-state index is 13.7. The Balaban J connectivity index is 1.42. The largest absolute Gasteiger partial charge is 0.494 e. The number of fused-ring (bicyclic) bond motifs is 1. The molecular weight excluding hydrogens is 430 g/mol. The molecule has 2 aliphatic rings. The van der Waals surface area contributed by atoms with E-state index in [-0.39, 0.29) is 0 Å². The van der Waals surface area contributed by atoms with Gasteiger partial charge in [0.1, 0.15) is 17.4 Å². The molecule has 0 amide bonds. The second-order valence-electron chi connectivity index (χ2n) is 7.76. The maximum absolute atomic E-state index is 13.7. The molecule has 10 heteroatoms. The van der Waals surface area contributed by atoms with Gasteiger partial charge >= 0.3 is 0 Å². The number of halogens is 2. The Morgan fingerprint density at radius 1 is 1.03 bits per heavy atom. The first-order valence-corrected chi connectivity index (χ1v) is 10.8. The molecule has 0 aliphatic carbocycles. The molecule has 8 nitrogen and oxygen atoms in total. The Hall–Kier alpha value is -3.66. The number of benzene rings is 2. The number of aromatic nitrogens is 2. The summed E-state index contributed by atoms with van der Waals surface area (Å²) < 4.78 is 38.0. The second kappa shape index (κ2) is 9.07. The fourth-order valence-corrected chi connectivity index (χ4v) is 3.96. The summed E-state index contributed by atoms with van der Waals surface area (Å²) in [4.78, 5) is 11.4. The minimum absolute atomic E-state index is 0.352. The van der Waals surface area contributed by atoms with Gasteiger partial charge in [-0.2, -0.15) is 9.97 Å². The lowest BCUT2D eigenvalue weighted by molar-refractivity contribution is 0.122. The zero-order valence-electron chi connectivity index (χ0n) is 18.1. The van der Waals surface area contributed by atoms with Crippen LogP contribution in [0, 0.1) is 11.6 Å². The average molecular weight is 454 g/mol. The van der Waals surface area contributed by atoms with Crippen LogP contribution in [-0.4, -0.2) is 49.9 Å². The summed E-state index contributed by atoms with van der Waals surface area (Å²) in [7, 11) is 1.62. The van der Waals surface area contributed by atoms with Gasteiger partial charge in [0.05, 0.1) is 26.0 Å². The summed E-state index contributed by atoms with van der Waals surface area (Å²) in [6, 6.07) is 9.57. The Kier molecular flexibility index (Phi) is 5.82. The van der Waals surface area contributed by atoms with Gasteiger partial charge in [-0.05, 0) is 30.7 Å². The number of anilines is 6. The van der Waals surface area contributed by atoms with E-state index in [1.54, 1.807) is 7.11 Å². The van der Waals surface area contributed by atoms with Crippen LogP contribution in [0.25, 0.3) is 0 Å². The van der Waals surface area contributed by atoms with E-state index < -0.39 is 11.6 Å². The van der Waals surface area contributed by atoms with Crippen molar-refractivity contribution in [1.29, 1.82) is 0 Å². The molecule has 1 fully saturated rings. The SMILES string of the molecule is COc1cc(N2CCOCC2)ccc1Nc1nc2c(c(Nc3ccc(F)c(F)c3)n1)CCN2. The highest BCUT2D eigenvalue weighted by molar-refractivity contribution is 5.73. The Labute approximate surface area is 189 Å². The first-order chi connectivity index (χ1) is 16.1. The van der Waals surface area contributed by atoms with Crippen LogP contribution >= 0.6 is 0 Å². The van der Waals surface area contributed by atoms with E-state index in [4.69, 9.17) is 9.47 Å². The Bertz CT molecular complexity index is 1170. The fraction of sp³-hybridized carbons (Fsp3) is 0.304. The van der Waals surface area contributed by atoms with Crippen LogP contribution in [0.15, 0.2) is 36.4 Å². The Morgan fingerprint density at radius 2 is 1.88 bits per heavy atom. The quantitative estimate of drug-likeness (QED) is 0.515. The third-order valence-corrected chi connectivity index (χ3v) is 5.66. The molecule has 0 radical (unpaired) electrons. The number of nitrogens with zero attached hydrogens (tertiary/aromatic N) is 3. The molecular formula is C23H24F2N6O2.